The van der Waals surface area contributed by atoms with Gasteiger partial charge in [0.1, 0.15) is 12.6 Å². The van der Waals surface area contributed by atoms with Crippen molar-refractivity contribution < 1.29 is 9.59 Å². The Labute approximate surface area is 143 Å². The normalized spacial score (nSPS) is 16.0. The molecular formula is C19H25N3O2. The Morgan fingerprint density at radius 1 is 1.25 bits per heavy atom. The minimum Gasteiger partial charge on any atom is -0.345 e. The fourth-order valence-corrected chi connectivity index (χ4v) is 3.22. The highest BCUT2D eigenvalue weighted by atomic mass is 16.2. The van der Waals surface area contributed by atoms with Crippen LogP contribution in [0.3, 0.4) is 0 Å². The fraction of sp³-hybridized carbons (Fsp3) is 0.526. The summed E-state index contributed by atoms with van der Waals surface area (Å²) >= 11 is 0. The second-order valence-corrected chi connectivity index (χ2v) is 6.42. The van der Waals surface area contributed by atoms with E-state index in [9.17, 15) is 9.59 Å². The van der Waals surface area contributed by atoms with Crippen LogP contribution in [0.5, 0.6) is 0 Å². The molecule has 2 amide bonds. The lowest BCUT2D eigenvalue weighted by Gasteiger charge is -2.25. The van der Waals surface area contributed by atoms with Gasteiger partial charge < -0.3 is 5.32 Å². The van der Waals surface area contributed by atoms with E-state index in [0.717, 1.165) is 12.8 Å². The zero-order valence-corrected chi connectivity index (χ0v) is 14.2. The number of nitrogens with zero attached hydrogens (tertiary/aromatic N) is 2. The number of carbonyl (C=O) groups is 2. The predicted molar refractivity (Wildman–Crippen MR) is 93.2 cm³/mol. The number of anilines is 1. The zero-order chi connectivity index (χ0) is 17.4. The van der Waals surface area contributed by atoms with E-state index in [1.165, 1.54) is 24.2 Å². The van der Waals surface area contributed by atoms with Crippen molar-refractivity contribution in [2.75, 3.05) is 11.4 Å². The van der Waals surface area contributed by atoms with Gasteiger partial charge in [0.25, 0.3) is 0 Å². The Bertz CT molecular complexity index is 588. The Morgan fingerprint density at radius 2 is 1.92 bits per heavy atom. The third kappa shape index (κ3) is 5.09. The third-order valence-corrected chi connectivity index (χ3v) is 4.51. The molecule has 0 radical (unpaired) electrons. The maximum atomic E-state index is 12.6. The van der Waals surface area contributed by atoms with E-state index in [1.807, 2.05) is 24.3 Å². The first-order valence-electron chi connectivity index (χ1n) is 8.64. The Kier molecular flexibility index (Phi) is 6.80. The quantitative estimate of drug-likeness (QED) is 0.816. The van der Waals surface area contributed by atoms with Gasteiger partial charge in [-0.1, -0.05) is 37.5 Å². The summed E-state index contributed by atoms with van der Waals surface area (Å²) in [7, 11) is 0. The fourth-order valence-electron chi connectivity index (χ4n) is 3.22. The van der Waals surface area contributed by atoms with Gasteiger partial charge in [0.2, 0.25) is 11.8 Å². The number of carbonyl (C=O) groups excluding carboxylic acids is 2. The number of nitriles is 1. The third-order valence-electron chi connectivity index (χ3n) is 4.51. The molecule has 1 saturated carbocycles. The van der Waals surface area contributed by atoms with Gasteiger partial charge >= 0.3 is 0 Å². The van der Waals surface area contributed by atoms with Crippen LogP contribution in [0, 0.1) is 17.2 Å². The van der Waals surface area contributed by atoms with Crippen LogP contribution in [0.1, 0.15) is 45.4 Å². The lowest BCUT2D eigenvalue weighted by molar-refractivity contribution is -0.127. The molecule has 1 aliphatic carbocycles. The number of hydrogen-bond donors (Lipinski definition) is 1. The number of amides is 2. The van der Waals surface area contributed by atoms with E-state index in [2.05, 4.69) is 5.32 Å². The summed E-state index contributed by atoms with van der Waals surface area (Å²) in [6.45, 7) is 1.64. The molecule has 24 heavy (non-hydrogen) atoms. The van der Waals surface area contributed by atoms with Crippen LogP contribution in [0.4, 0.5) is 5.69 Å². The molecule has 1 aromatic rings. The summed E-state index contributed by atoms with van der Waals surface area (Å²) in [5, 5.41) is 11.8. The zero-order valence-electron chi connectivity index (χ0n) is 14.2. The number of hydrogen-bond acceptors (Lipinski definition) is 3. The molecule has 5 nitrogen and oxygen atoms in total. The topological polar surface area (TPSA) is 73.2 Å². The number of benzene rings is 1. The van der Waals surface area contributed by atoms with E-state index in [4.69, 9.17) is 5.26 Å². The van der Waals surface area contributed by atoms with Crippen LogP contribution in [0.15, 0.2) is 30.3 Å². The van der Waals surface area contributed by atoms with Gasteiger partial charge in [0.15, 0.2) is 0 Å². The maximum Gasteiger partial charge on any atom is 0.250 e. The van der Waals surface area contributed by atoms with Crippen molar-refractivity contribution in [1.29, 1.82) is 5.26 Å². The lowest BCUT2D eigenvalue weighted by Crippen LogP contribution is -2.47. The lowest BCUT2D eigenvalue weighted by atomic mass is 9.87. The summed E-state index contributed by atoms with van der Waals surface area (Å²) in [5.74, 6) is 0.0952. The Hall–Kier alpha value is -2.35. The highest BCUT2D eigenvalue weighted by Gasteiger charge is 2.24. The monoisotopic (exact) mass is 327 g/mol. The molecule has 0 aliphatic heterocycles. The molecule has 1 aliphatic rings. The smallest absolute Gasteiger partial charge is 0.250 e. The highest BCUT2D eigenvalue weighted by molar-refractivity contribution is 5.99. The largest absolute Gasteiger partial charge is 0.345 e. The van der Waals surface area contributed by atoms with E-state index < -0.39 is 6.04 Å². The van der Waals surface area contributed by atoms with Crippen LogP contribution in [-0.4, -0.2) is 24.4 Å². The van der Waals surface area contributed by atoms with Gasteiger partial charge in [0, 0.05) is 12.1 Å². The molecule has 0 aromatic heterocycles. The molecule has 0 spiro atoms. The molecule has 2 rings (SSSR count). The molecule has 1 fully saturated rings. The minimum atomic E-state index is -0.644. The molecule has 5 heteroatoms. The second kappa shape index (κ2) is 9.07. The Morgan fingerprint density at radius 3 is 2.54 bits per heavy atom. The van der Waals surface area contributed by atoms with Crippen molar-refractivity contribution in [2.24, 2.45) is 5.92 Å². The van der Waals surface area contributed by atoms with Crippen LogP contribution in [-0.2, 0) is 9.59 Å². The summed E-state index contributed by atoms with van der Waals surface area (Å²) in [4.78, 5) is 26.2. The molecule has 1 N–H and O–H groups in total. The molecular weight excluding hydrogens is 302 g/mol. The minimum absolute atomic E-state index is 0.0360. The van der Waals surface area contributed by atoms with Crippen LogP contribution >= 0.6 is 0 Å². The highest BCUT2D eigenvalue weighted by Crippen LogP contribution is 2.26. The molecule has 0 saturated heterocycles. The number of para-hydroxylation sites is 1. The van der Waals surface area contributed by atoms with Gasteiger partial charge in [-0.3, -0.25) is 14.5 Å². The van der Waals surface area contributed by atoms with E-state index in [0.29, 0.717) is 18.0 Å². The molecule has 1 aromatic carbocycles. The molecule has 128 valence electrons. The van der Waals surface area contributed by atoms with Crippen molar-refractivity contribution in [2.45, 2.75) is 51.5 Å². The van der Waals surface area contributed by atoms with E-state index >= 15 is 0 Å². The molecule has 0 heterocycles. The van der Waals surface area contributed by atoms with Crippen molar-refractivity contribution >= 4 is 17.5 Å². The number of nitrogens with one attached hydrogen (secondary N) is 1. The first kappa shape index (κ1) is 18.0. The van der Waals surface area contributed by atoms with Crippen LogP contribution in [0.2, 0.25) is 0 Å². The summed E-state index contributed by atoms with van der Waals surface area (Å²) < 4.78 is 0. The van der Waals surface area contributed by atoms with Gasteiger partial charge in [-0.05, 0) is 37.8 Å². The van der Waals surface area contributed by atoms with Gasteiger partial charge in [0.05, 0.1) is 6.07 Å². The summed E-state index contributed by atoms with van der Waals surface area (Å²) in [6.07, 6.45) is 6.32. The van der Waals surface area contributed by atoms with Gasteiger partial charge in [-0.25, -0.2) is 0 Å². The van der Waals surface area contributed by atoms with Crippen LogP contribution < -0.4 is 10.2 Å². The van der Waals surface area contributed by atoms with Crippen LogP contribution in [0.25, 0.3) is 0 Å². The van der Waals surface area contributed by atoms with Gasteiger partial charge in [-0.2, -0.15) is 5.26 Å². The average molecular weight is 327 g/mol. The molecule has 0 bridgehead atoms. The summed E-state index contributed by atoms with van der Waals surface area (Å²) in [5.41, 5.74) is 0.664. The first-order chi connectivity index (χ1) is 11.6. The molecule has 1 unspecified atom stereocenters. The Balaban J connectivity index is 1.93. The van der Waals surface area contributed by atoms with E-state index in [-0.39, 0.29) is 18.4 Å². The SMILES string of the molecule is CC(NC(=O)CC1CCCCC1)C(=O)N(CC#N)c1ccccc1. The number of rotatable bonds is 6. The maximum absolute atomic E-state index is 12.6. The van der Waals surface area contributed by atoms with E-state index in [1.54, 1.807) is 19.1 Å². The van der Waals surface area contributed by atoms with Crippen molar-refractivity contribution in [1.82, 2.24) is 5.32 Å². The first-order valence-corrected chi connectivity index (χ1v) is 8.64. The van der Waals surface area contributed by atoms with Crippen molar-refractivity contribution in [3.8, 4) is 6.07 Å². The summed E-state index contributed by atoms with van der Waals surface area (Å²) in [6, 6.07) is 10.4. The van der Waals surface area contributed by atoms with Crippen molar-refractivity contribution in [3.05, 3.63) is 30.3 Å². The molecule has 1 atom stereocenters. The average Bonchev–Trinajstić information content (AvgIpc) is 2.60. The van der Waals surface area contributed by atoms with Crippen molar-refractivity contribution in [3.63, 3.8) is 0 Å². The standard InChI is InChI=1S/C19H25N3O2/c1-15(21-18(23)14-16-8-4-2-5-9-16)19(24)22(13-12-20)17-10-6-3-7-11-17/h3,6-7,10-11,15-16H,2,4-5,8-9,13-14H2,1H3,(H,21,23). The van der Waals surface area contributed by atoms with Gasteiger partial charge in [-0.15, -0.1) is 0 Å². The second-order valence-electron chi connectivity index (χ2n) is 6.42. The predicted octanol–water partition coefficient (Wildman–Crippen LogP) is 3.02.